The maximum atomic E-state index is 12.3. The molecule has 0 aliphatic heterocycles. The zero-order valence-corrected chi connectivity index (χ0v) is 14.9. The number of aryl methyl sites for hydroxylation is 1. The van der Waals surface area contributed by atoms with E-state index >= 15 is 0 Å². The van der Waals surface area contributed by atoms with Crippen LogP contribution in [0.1, 0.15) is 9.67 Å². The Morgan fingerprint density at radius 3 is 2.71 bits per heavy atom. The van der Waals surface area contributed by atoms with Gasteiger partial charge in [-0.3, -0.25) is 14.9 Å². The van der Waals surface area contributed by atoms with Gasteiger partial charge in [-0.1, -0.05) is 34.3 Å². The minimum absolute atomic E-state index is 0.0982. The predicted molar refractivity (Wildman–Crippen MR) is 93.2 cm³/mol. The van der Waals surface area contributed by atoms with E-state index in [0.29, 0.717) is 15.6 Å². The molecule has 0 atom stereocenters. The molecule has 1 amide bonds. The number of thiophene rings is 1. The normalized spacial score (nSPS) is 11.9. The van der Waals surface area contributed by atoms with Crippen molar-refractivity contribution in [1.82, 2.24) is 4.57 Å². The smallest absolute Gasteiger partial charge is 0.324 e. The molecular formula is C14H10ClN3O4S2. The number of nitrogens with zero attached hydrogens (tertiary/aromatic N) is 3. The number of nitro groups is 1. The molecule has 0 aliphatic rings. The lowest BCUT2D eigenvalue weighted by molar-refractivity contribution is -0.380. The fourth-order valence-electron chi connectivity index (χ4n) is 2.14. The minimum Gasteiger partial charge on any atom is -0.495 e. The van der Waals surface area contributed by atoms with Crippen molar-refractivity contribution in [2.45, 2.75) is 0 Å². The summed E-state index contributed by atoms with van der Waals surface area (Å²) in [5.74, 6) is 0.0826. The summed E-state index contributed by atoms with van der Waals surface area (Å²) in [7, 11) is 3.30. The van der Waals surface area contributed by atoms with E-state index in [9.17, 15) is 14.9 Å². The summed E-state index contributed by atoms with van der Waals surface area (Å²) in [4.78, 5) is 27.2. The van der Waals surface area contributed by atoms with Gasteiger partial charge in [0.1, 0.15) is 16.1 Å². The highest BCUT2D eigenvalue weighted by molar-refractivity contribution is 7.17. The molecule has 124 valence electrons. The number of benzene rings is 1. The number of hydrogen-bond donors (Lipinski definition) is 0. The van der Waals surface area contributed by atoms with Gasteiger partial charge in [0.2, 0.25) is 0 Å². The number of halogens is 1. The quantitative estimate of drug-likeness (QED) is 0.510. The highest BCUT2D eigenvalue weighted by Gasteiger charge is 2.16. The van der Waals surface area contributed by atoms with Crippen LogP contribution in [0.4, 0.5) is 5.00 Å². The number of carbonyl (C=O) groups excluding carboxylic acids is 1. The van der Waals surface area contributed by atoms with E-state index in [1.807, 2.05) is 0 Å². The van der Waals surface area contributed by atoms with Crippen molar-refractivity contribution in [3.8, 4) is 5.75 Å². The second kappa shape index (κ2) is 6.34. The van der Waals surface area contributed by atoms with Crippen LogP contribution in [0.5, 0.6) is 5.75 Å². The zero-order valence-electron chi connectivity index (χ0n) is 12.5. The highest BCUT2D eigenvalue weighted by Crippen LogP contribution is 2.33. The highest BCUT2D eigenvalue weighted by atomic mass is 35.5. The number of ether oxygens (including phenoxy) is 1. The lowest BCUT2D eigenvalue weighted by Crippen LogP contribution is -2.13. The van der Waals surface area contributed by atoms with Crippen molar-refractivity contribution in [2.24, 2.45) is 12.0 Å². The Morgan fingerprint density at radius 1 is 1.33 bits per heavy atom. The van der Waals surface area contributed by atoms with Gasteiger partial charge in [-0.05, 0) is 18.2 Å². The van der Waals surface area contributed by atoms with Crippen molar-refractivity contribution in [2.75, 3.05) is 7.11 Å². The standard InChI is InChI=1S/C14H10ClN3O4S2/c1-17-11-8(22-2)4-3-7(15)12(11)24-14(17)16-13(19)9-5-6-10(23-9)18(20)21/h3-6H,1-2H3. The fourth-order valence-corrected chi connectivity index (χ4v) is 4.16. The topological polar surface area (TPSA) is 86.7 Å². The van der Waals surface area contributed by atoms with Gasteiger partial charge in [0, 0.05) is 13.1 Å². The average molecular weight is 384 g/mol. The molecule has 0 saturated carbocycles. The van der Waals surface area contributed by atoms with E-state index in [4.69, 9.17) is 16.3 Å². The van der Waals surface area contributed by atoms with Gasteiger partial charge in [-0.25, -0.2) is 0 Å². The Balaban J connectivity index is 2.13. The number of methoxy groups -OCH3 is 1. The molecule has 0 unspecified atom stereocenters. The van der Waals surface area contributed by atoms with Crippen LogP contribution in [0.3, 0.4) is 0 Å². The van der Waals surface area contributed by atoms with Crippen LogP contribution in [0.25, 0.3) is 10.2 Å². The molecule has 3 rings (SSSR count). The van der Waals surface area contributed by atoms with Crippen LogP contribution in [-0.4, -0.2) is 22.5 Å². The SMILES string of the molecule is COc1ccc(Cl)c2sc(=NC(=O)c3ccc([N+](=O)[O-])s3)n(C)c12. The molecule has 3 aromatic rings. The van der Waals surface area contributed by atoms with Crippen LogP contribution < -0.4 is 9.54 Å². The van der Waals surface area contributed by atoms with Gasteiger partial charge < -0.3 is 9.30 Å². The first kappa shape index (κ1) is 16.6. The molecule has 0 spiro atoms. The first-order valence-corrected chi connectivity index (χ1v) is 8.58. The van der Waals surface area contributed by atoms with Crippen LogP contribution >= 0.6 is 34.3 Å². The van der Waals surface area contributed by atoms with E-state index in [1.165, 1.54) is 23.5 Å². The van der Waals surface area contributed by atoms with Crippen molar-refractivity contribution >= 4 is 55.4 Å². The summed E-state index contributed by atoms with van der Waals surface area (Å²) in [6.07, 6.45) is 0. The lowest BCUT2D eigenvalue weighted by Gasteiger charge is -2.04. The molecule has 0 N–H and O–H groups in total. The third kappa shape index (κ3) is 2.81. The number of rotatable bonds is 3. The summed E-state index contributed by atoms with van der Waals surface area (Å²) in [6, 6.07) is 6.15. The summed E-state index contributed by atoms with van der Waals surface area (Å²) < 4.78 is 7.79. The zero-order chi connectivity index (χ0) is 17.4. The molecule has 0 fully saturated rings. The molecule has 10 heteroatoms. The van der Waals surface area contributed by atoms with E-state index in [2.05, 4.69) is 4.99 Å². The Bertz CT molecular complexity index is 1030. The third-order valence-electron chi connectivity index (χ3n) is 3.26. The average Bonchev–Trinajstić information content (AvgIpc) is 3.15. The summed E-state index contributed by atoms with van der Waals surface area (Å²) >= 11 is 8.25. The van der Waals surface area contributed by atoms with Crippen LogP contribution in [0.15, 0.2) is 29.3 Å². The second-order valence-electron chi connectivity index (χ2n) is 4.68. The molecule has 0 radical (unpaired) electrons. The fraction of sp³-hybridized carbons (Fsp3) is 0.143. The largest absolute Gasteiger partial charge is 0.495 e. The second-order valence-corrected chi connectivity index (χ2v) is 7.13. The Morgan fingerprint density at radius 2 is 2.08 bits per heavy atom. The van der Waals surface area contributed by atoms with E-state index in [0.717, 1.165) is 21.6 Å². The van der Waals surface area contributed by atoms with E-state index in [1.54, 1.807) is 30.9 Å². The predicted octanol–water partition coefficient (Wildman–Crippen LogP) is 3.61. The maximum absolute atomic E-state index is 12.3. The van der Waals surface area contributed by atoms with Crippen LogP contribution in [0.2, 0.25) is 5.02 Å². The summed E-state index contributed by atoms with van der Waals surface area (Å²) in [5, 5.41) is 11.2. The van der Waals surface area contributed by atoms with Crippen molar-refractivity contribution < 1.29 is 14.5 Å². The Labute approximate surface area is 148 Å². The number of thiazole rings is 1. The van der Waals surface area contributed by atoms with Gasteiger partial charge in [-0.15, -0.1) is 0 Å². The number of fused-ring (bicyclic) bond motifs is 1. The lowest BCUT2D eigenvalue weighted by atomic mass is 10.3. The van der Waals surface area contributed by atoms with Crippen LogP contribution in [0, 0.1) is 10.1 Å². The maximum Gasteiger partial charge on any atom is 0.324 e. The minimum atomic E-state index is -0.537. The molecule has 1 aromatic carbocycles. The van der Waals surface area contributed by atoms with Gasteiger partial charge >= 0.3 is 5.00 Å². The number of aromatic nitrogens is 1. The molecule has 0 aliphatic carbocycles. The van der Waals surface area contributed by atoms with E-state index < -0.39 is 10.8 Å². The molecule has 7 nitrogen and oxygen atoms in total. The molecule has 2 aromatic heterocycles. The van der Waals surface area contributed by atoms with Gasteiger partial charge in [0.05, 0.1) is 21.8 Å². The van der Waals surface area contributed by atoms with Gasteiger partial charge in [0.25, 0.3) is 5.91 Å². The third-order valence-corrected chi connectivity index (χ3v) is 5.88. The monoisotopic (exact) mass is 383 g/mol. The Kier molecular flexibility index (Phi) is 4.39. The molecule has 2 heterocycles. The summed E-state index contributed by atoms with van der Waals surface area (Å²) in [6.45, 7) is 0. The molecule has 24 heavy (non-hydrogen) atoms. The number of amides is 1. The number of hydrogen-bond acceptors (Lipinski definition) is 6. The van der Waals surface area contributed by atoms with Gasteiger partial charge in [-0.2, -0.15) is 4.99 Å². The first-order valence-electron chi connectivity index (χ1n) is 6.57. The van der Waals surface area contributed by atoms with Crippen molar-refractivity contribution in [3.63, 3.8) is 0 Å². The molecule has 0 bridgehead atoms. The van der Waals surface area contributed by atoms with Crippen LogP contribution in [-0.2, 0) is 7.05 Å². The Hall–Kier alpha value is -2.23. The van der Waals surface area contributed by atoms with Crippen molar-refractivity contribution in [1.29, 1.82) is 0 Å². The van der Waals surface area contributed by atoms with E-state index in [-0.39, 0.29) is 9.88 Å². The molecule has 0 saturated heterocycles. The van der Waals surface area contributed by atoms with Crippen molar-refractivity contribution in [3.05, 3.63) is 49.1 Å². The van der Waals surface area contributed by atoms with Gasteiger partial charge in [0.15, 0.2) is 4.80 Å². The first-order chi connectivity index (χ1) is 11.4. The summed E-state index contributed by atoms with van der Waals surface area (Å²) in [5.41, 5.74) is 0.735. The molecular weight excluding hydrogens is 374 g/mol. The number of carbonyl (C=O) groups is 1.